The first-order valence-electron chi connectivity index (χ1n) is 5.35. The molecule has 0 saturated heterocycles. The summed E-state index contributed by atoms with van der Waals surface area (Å²) in [4.78, 5) is 0. The summed E-state index contributed by atoms with van der Waals surface area (Å²) in [5, 5.41) is 2.67. The summed E-state index contributed by atoms with van der Waals surface area (Å²) in [6.07, 6.45) is -8.84. The number of benzene rings is 1. The lowest BCUT2D eigenvalue weighted by molar-refractivity contribution is -0.172. The average Bonchev–Trinajstić information content (AvgIpc) is 2.27. The lowest BCUT2D eigenvalue weighted by Crippen LogP contribution is -2.20. The molecule has 2 nitrogen and oxygen atoms in total. The highest BCUT2D eigenvalue weighted by molar-refractivity contribution is 9.10. The van der Waals surface area contributed by atoms with Gasteiger partial charge >= 0.3 is 12.4 Å². The van der Waals surface area contributed by atoms with Gasteiger partial charge in [0.05, 0.1) is 12.2 Å². The van der Waals surface area contributed by atoms with E-state index < -0.39 is 24.5 Å². The highest BCUT2D eigenvalue weighted by Crippen LogP contribution is 2.33. The standard InChI is InChI=1S/C11H10BrF6NO/c12-8-5-7(11(16,17)18)1-2-9(8)19-3-4-20-6-10(13,14)15/h1-2,5,19H,3-4,6H2. The Kier molecular flexibility index (Phi) is 5.69. The Labute approximate surface area is 119 Å². The predicted molar refractivity (Wildman–Crippen MR) is 64.5 cm³/mol. The van der Waals surface area contributed by atoms with Crippen LogP contribution in [0.25, 0.3) is 0 Å². The van der Waals surface area contributed by atoms with Crippen LogP contribution in [0.3, 0.4) is 0 Å². The maximum atomic E-state index is 12.4. The molecule has 0 spiro atoms. The summed E-state index contributed by atoms with van der Waals surface area (Å²) in [6, 6.07) is 2.96. The second-order valence-electron chi connectivity index (χ2n) is 3.79. The van der Waals surface area contributed by atoms with E-state index in [1.807, 2.05) is 0 Å². The van der Waals surface area contributed by atoms with Gasteiger partial charge in [-0.05, 0) is 34.1 Å². The maximum absolute atomic E-state index is 12.4. The average molecular weight is 366 g/mol. The fourth-order valence-electron chi connectivity index (χ4n) is 1.28. The van der Waals surface area contributed by atoms with Crippen LogP contribution < -0.4 is 5.32 Å². The number of hydrogen-bond donors (Lipinski definition) is 1. The van der Waals surface area contributed by atoms with E-state index in [4.69, 9.17) is 0 Å². The molecule has 0 fully saturated rings. The fraction of sp³-hybridized carbons (Fsp3) is 0.455. The van der Waals surface area contributed by atoms with Crippen molar-refractivity contribution in [1.82, 2.24) is 0 Å². The molecular formula is C11H10BrF6NO. The van der Waals surface area contributed by atoms with Crippen molar-refractivity contribution in [3.05, 3.63) is 28.2 Å². The van der Waals surface area contributed by atoms with Crippen molar-refractivity contribution >= 4 is 21.6 Å². The topological polar surface area (TPSA) is 21.3 Å². The third kappa shape index (κ3) is 6.00. The van der Waals surface area contributed by atoms with Gasteiger partial charge in [-0.1, -0.05) is 0 Å². The minimum atomic E-state index is -4.45. The van der Waals surface area contributed by atoms with Crippen LogP contribution in [0, 0.1) is 0 Å². The molecular weight excluding hydrogens is 356 g/mol. The van der Waals surface area contributed by atoms with Gasteiger partial charge in [0, 0.05) is 16.7 Å². The second kappa shape index (κ2) is 6.66. The molecule has 0 aliphatic rings. The molecule has 1 N–H and O–H groups in total. The molecule has 9 heteroatoms. The number of rotatable bonds is 5. The first kappa shape index (κ1) is 17.1. The molecule has 0 unspecified atom stereocenters. The van der Waals surface area contributed by atoms with Crippen LogP contribution in [0.1, 0.15) is 5.56 Å². The molecule has 0 saturated carbocycles. The summed E-state index contributed by atoms with van der Waals surface area (Å²) in [7, 11) is 0. The monoisotopic (exact) mass is 365 g/mol. The highest BCUT2D eigenvalue weighted by Gasteiger charge is 2.30. The maximum Gasteiger partial charge on any atom is 0.416 e. The Morgan fingerprint density at radius 1 is 1.10 bits per heavy atom. The van der Waals surface area contributed by atoms with Crippen LogP contribution in [0.5, 0.6) is 0 Å². The third-order valence-electron chi connectivity index (χ3n) is 2.12. The zero-order valence-electron chi connectivity index (χ0n) is 9.91. The second-order valence-corrected chi connectivity index (χ2v) is 4.64. The molecule has 114 valence electrons. The largest absolute Gasteiger partial charge is 0.416 e. The van der Waals surface area contributed by atoms with Crippen LogP contribution in [0.15, 0.2) is 22.7 Å². The lowest BCUT2D eigenvalue weighted by Gasteiger charge is -2.12. The predicted octanol–water partition coefficient (Wildman–Crippen LogP) is 4.46. The van der Waals surface area contributed by atoms with E-state index in [1.165, 1.54) is 6.07 Å². The summed E-state index contributed by atoms with van der Waals surface area (Å²) in [5.74, 6) is 0. The molecule has 1 aromatic rings. The zero-order chi connectivity index (χ0) is 15.4. The Bertz CT molecular complexity index is 446. The van der Waals surface area contributed by atoms with Crippen molar-refractivity contribution in [2.75, 3.05) is 25.1 Å². The van der Waals surface area contributed by atoms with Gasteiger partial charge in [-0.25, -0.2) is 0 Å². The highest BCUT2D eigenvalue weighted by atomic mass is 79.9. The van der Waals surface area contributed by atoms with Gasteiger partial charge in [0.1, 0.15) is 6.61 Å². The van der Waals surface area contributed by atoms with Crippen LogP contribution in [-0.4, -0.2) is 25.9 Å². The molecule has 0 atom stereocenters. The molecule has 20 heavy (non-hydrogen) atoms. The van der Waals surface area contributed by atoms with Crippen molar-refractivity contribution in [2.45, 2.75) is 12.4 Å². The van der Waals surface area contributed by atoms with E-state index in [-0.39, 0.29) is 17.6 Å². The SMILES string of the molecule is FC(F)(F)COCCNc1ccc(C(F)(F)F)cc1Br. The quantitative estimate of drug-likeness (QED) is 0.614. The third-order valence-corrected chi connectivity index (χ3v) is 2.78. The van der Waals surface area contributed by atoms with Gasteiger partial charge < -0.3 is 10.1 Å². The Morgan fingerprint density at radius 3 is 2.25 bits per heavy atom. The Morgan fingerprint density at radius 2 is 1.75 bits per heavy atom. The van der Waals surface area contributed by atoms with Gasteiger partial charge in [-0.15, -0.1) is 0 Å². The number of nitrogens with one attached hydrogen (secondary N) is 1. The van der Waals surface area contributed by atoms with E-state index in [2.05, 4.69) is 26.0 Å². The van der Waals surface area contributed by atoms with E-state index in [9.17, 15) is 26.3 Å². The van der Waals surface area contributed by atoms with Gasteiger partial charge in [-0.3, -0.25) is 0 Å². The summed E-state index contributed by atoms with van der Waals surface area (Å²) in [5.41, 5.74) is -0.475. The Hall–Kier alpha value is -0.960. The number of hydrogen-bond acceptors (Lipinski definition) is 2. The van der Waals surface area contributed by atoms with Crippen LogP contribution in [0.4, 0.5) is 32.0 Å². The number of ether oxygens (including phenoxy) is 1. The van der Waals surface area contributed by atoms with Crippen molar-refractivity contribution in [1.29, 1.82) is 0 Å². The first-order valence-corrected chi connectivity index (χ1v) is 6.14. The van der Waals surface area contributed by atoms with Gasteiger partial charge in [0.15, 0.2) is 0 Å². The first-order chi connectivity index (χ1) is 9.09. The minimum Gasteiger partial charge on any atom is -0.382 e. The van der Waals surface area contributed by atoms with Gasteiger partial charge in [-0.2, -0.15) is 26.3 Å². The number of halogens is 7. The lowest BCUT2D eigenvalue weighted by atomic mass is 10.2. The molecule has 1 aromatic carbocycles. The molecule has 0 radical (unpaired) electrons. The smallest absolute Gasteiger partial charge is 0.382 e. The van der Waals surface area contributed by atoms with Crippen molar-refractivity contribution < 1.29 is 31.1 Å². The Balaban J connectivity index is 2.46. The molecule has 0 aromatic heterocycles. The molecule has 0 bridgehead atoms. The van der Waals surface area contributed by atoms with Crippen molar-refractivity contribution in [3.63, 3.8) is 0 Å². The van der Waals surface area contributed by atoms with E-state index in [1.54, 1.807) is 0 Å². The summed E-state index contributed by atoms with van der Waals surface area (Å²) < 4.78 is 77.0. The fourth-order valence-corrected chi connectivity index (χ4v) is 1.80. The van der Waals surface area contributed by atoms with Crippen LogP contribution in [0.2, 0.25) is 0 Å². The number of alkyl halides is 6. The normalized spacial score (nSPS) is 12.6. The molecule has 0 aliphatic heterocycles. The molecule has 0 amide bonds. The van der Waals surface area contributed by atoms with Gasteiger partial charge in [0.2, 0.25) is 0 Å². The van der Waals surface area contributed by atoms with E-state index in [0.29, 0.717) is 5.69 Å². The van der Waals surface area contributed by atoms with Crippen LogP contribution in [-0.2, 0) is 10.9 Å². The molecule has 0 heterocycles. The minimum absolute atomic E-state index is 0.0417. The van der Waals surface area contributed by atoms with Gasteiger partial charge in [0.25, 0.3) is 0 Å². The van der Waals surface area contributed by atoms with E-state index >= 15 is 0 Å². The van der Waals surface area contributed by atoms with Crippen molar-refractivity contribution in [2.24, 2.45) is 0 Å². The van der Waals surface area contributed by atoms with E-state index in [0.717, 1.165) is 12.1 Å². The summed E-state index contributed by atoms with van der Waals surface area (Å²) in [6.45, 7) is -1.53. The number of anilines is 1. The van der Waals surface area contributed by atoms with Crippen molar-refractivity contribution in [3.8, 4) is 0 Å². The molecule has 0 aliphatic carbocycles. The summed E-state index contributed by atoms with van der Waals surface area (Å²) >= 11 is 2.96. The van der Waals surface area contributed by atoms with Crippen LogP contribution >= 0.6 is 15.9 Å². The zero-order valence-corrected chi connectivity index (χ0v) is 11.5. The molecule has 1 rings (SSSR count).